The summed E-state index contributed by atoms with van der Waals surface area (Å²) in [4.78, 5) is 0.785. The quantitative estimate of drug-likeness (QED) is 0.729. The highest BCUT2D eigenvalue weighted by molar-refractivity contribution is 7.84. The van der Waals surface area contributed by atoms with E-state index in [-0.39, 0.29) is 0 Å². The molecule has 0 saturated carbocycles. The fraction of sp³-hybridized carbons (Fsp3) is 0.0588. The zero-order chi connectivity index (χ0) is 14.8. The van der Waals surface area contributed by atoms with Crippen LogP contribution in [0.4, 0.5) is 5.69 Å². The highest BCUT2D eigenvalue weighted by Crippen LogP contribution is 2.26. The van der Waals surface area contributed by atoms with Gasteiger partial charge in [-0.15, -0.1) is 0 Å². The van der Waals surface area contributed by atoms with Crippen LogP contribution in [-0.2, 0) is 16.6 Å². The van der Waals surface area contributed by atoms with Crippen molar-refractivity contribution < 1.29 is 4.21 Å². The van der Waals surface area contributed by atoms with Crippen molar-refractivity contribution in [1.29, 1.82) is 0 Å². The maximum atomic E-state index is 12.6. The van der Waals surface area contributed by atoms with E-state index in [4.69, 9.17) is 17.3 Å². The molecule has 0 heterocycles. The predicted molar refractivity (Wildman–Crippen MR) is 89.9 cm³/mol. The Balaban J connectivity index is 1.94. The molecule has 0 radical (unpaired) electrons. The number of hydrogen-bond donors (Lipinski definition) is 1. The minimum Gasteiger partial charge on any atom is -0.398 e. The first-order chi connectivity index (χ1) is 10.1. The molecular formula is C17H14ClNOS. The number of fused-ring (bicyclic) bond motifs is 1. The van der Waals surface area contributed by atoms with Crippen LogP contribution in [0.15, 0.2) is 65.6 Å². The molecule has 1 unspecified atom stereocenters. The Kier molecular flexibility index (Phi) is 3.95. The van der Waals surface area contributed by atoms with Gasteiger partial charge in [0.1, 0.15) is 0 Å². The van der Waals surface area contributed by atoms with Crippen LogP contribution in [0.2, 0.25) is 5.02 Å². The largest absolute Gasteiger partial charge is 0.398 e. The van der Waals surface area contributed by atoms with E-state index in [2.05, 4.69) is 0 Å². The highest BCUT2D eigenvalue weighted by atomic mass is 35.5. The SMILES string of the molecule is Nc1cccc(Cl)c1CS(=O)c1ccc2ccccc2c1. The van der Waals surface area contributed by atoms with Crippen molar-refractivity contribution >= 4 is 38.9 Å². The van der Waals surface area contributed by atoms with Gasteiger partial charge in [-0.1, -0.05) is 48.0 Å². The third-order valence-electron chi connectivity index (χ3n) is 3.41. The number of benzene rings is 3. The molecule has 3 aromatic rings. The summed E-state index contributed by atoms with van der Waals surface area (Å²) in [5.41, 5.74) is 7.24. The summed E-state index contributed by atoms with van der Waals surface area (Å²) in [5.74, 6) is 0.323. The standard InChI is InChI=1S/C17H14ClNOS/c18-16-6-3-7-17(19)15(16)11-21(20)14-9-8-12-4-1-2-5-13(12)10-14/h1-10H,11,19H2. The van der Waals surface area contributed by atoms with Gasteiger partial charge in [-0.25, -0.2) is 0 Å². The van der Waals surface area contributed by atoms with E-state index >= 15 is 0 Å². The van der Waals surface area contributed by atoms with Gasteiger partial charge >= 0.3 is 0 Å². The molecule has 4 heteroatoms. The van der Waals surface area contributed by atoms with Crippen LogP contribution < -0.4 is 5.73 Å². The summed E-state index contributed by atoms with van der Waals surface area (Å²) in [6.07, 6.45) is 0. The molecule has 1 atom stereocenters. The summed E-state index contributed by atoms with van der Waals surface area (Å²) >= 11 is 6.14. The molecule has 0 spiro atoms. The van der Waals surface area contributed by atoms with E-state index in [1.165, 1.54) is 0 Å². The first-order valence-electron chi connectivity index (χ1n) is 6.55. The normalized spacial score (nSPS) is 12.4. The van der Waals surface area contributed by atoms with Crippen LogP contribution in [0, 0.1) is 0 Å². The Bertz CT molecular complexity index is 812. The molecule has 0 aromatic heterocycles. The lowest BCUT2D eigenvalue weighted by molar-refractivity contribution is 0.683. The van der Waals surface area contributed by atoms with Crippen LogP contribution >= 0.6 is 11.6 Å². The molecule has 0 amide bonds. The monoisotopic (exact) mass is 315 g/mol. The van der Waals surface area contributed by atoms with Gasteiger partial charge in [0.15, 0.2) is 0 Å². The summed E-state index contributed by atoms with van der Waals surface area (Å²) in [5, 5.41) is 2.77. The molecule has 0 fully saturated rings. The fourth-order valence-electron chi connectivity index (χ4n) is 2.25. The third-order valence-corrected chi connectivity index (χ3v) is 5.10. The van der Waals surface area contributed by atoms with Gasteiger partial charge in [0, 0.05) is 21.2 Å². The summed E-state index contributed by atoms with van der Waals surface area (Å²) in [6.45, 7) is 0. The first-order valence-corrected chi connectivity index (χ1v) is 8.25. The molecule has 0 aliphatic carbocycles. The lowest BCUT2D eigenvalue weighted by Crippen LogP contribution is -2.01. The van der Waals surface area contributed by atoms with Crippen LogP contribution in [0.25, 0.3) is 10.8 Å². The van der Waals surface area contributed by atoms with E-state index < -0.39 is 10.8 Å². The average Bonchev–Trinajstić information content (AvgIpc) is 2.50. The lowest BCUT2D eigenvalue weighted by Gasteiger charge is -2.08. The average molecular weight is 316 g/mol. The minimum atomic E-state index is -1.18. The highest BCUT2D eigenvalue weighted by Gasteiger charge is 2.11. The second-order valence-corrected chi connectivity index (χ2v) is 6.66. The van der Waals surface area contributed by atoms with Crippen molar-refractivity contribution in [2.75, 3.05) is 5.73 Å². The van der Waals surface area contributed by atoms with Gasteiger partial charge < -0.3 is 5.73 Å². The van der Waals surface area contributed by atoms with E-state index in [1.54, 1.807) is 18.2 Å². The summed E-state index contributed by atoms with van der Waals surface area (Å²) in [7, 11) is -1.18. The van der Waals surface area contributed by atoms with Crippen molar-refractivity contribution in [3.05, 3.63) is 71.2 Å². The molecule has 3 rings (SSSR count). The zero-order valence-electron chi connectivity index (χ0n) is 11.3. The molecule has 0 saturated heterocycles. The molecule has 21 heavy (non-hydrogen) atoms. The molecule has 3 aromatic carbocycles. The molecule has 2 nitrogen and oxygen atoms in total. The molecule has 2 N–H and O–H groups in total. The van der Waals surface area contributed by atoms with Crippen LogP contribution in [-0.4, -0.2) is 4.21 Å². The Morgan fingerprint density at radius 1 is 0.952 bits per heavy atom. The summed E-state index contributed by atoms with van der Waals surface area (Å²) < 4.78 is 12.6. The van der Waals surface area contributed by atoms with Crippen molar-refractivity contribution in [3.63, 3.8) is 0 Å². The number of rotatable bonds is 3. The minimum absolute atomic E-state index is 0.323. The second kappa shape index (κ2) is 5.88. The third kappa shape index (κ3) is 2.94. The van der Waals surface area contributed by atoms with Crippen LogP contribution in [0.3, 0.4) is 0 Å². The zero-order valence-corrected chi connectivity index (χ0v) is 12.8. The smallest absolute Gasteiger partial charge is 0.0575 e. The Morgan fingerprint density at radius 3 is 2.48 bits per heavy atom. The van der Waals surface area contributed by atoms with E-state index in [0.717, 1.165) is 21.2 Å². The Morgan fingerprint density at radius 2 is 1.71 bits per heavy atom. The maximum Gasteiger partial charge on any atom is 0.0575 e. The van der Waals surface area contributed by atoms with Crippen molar-refractivity contribution in [2.24, 2.45) is 0 Å². The number of anilines is 1. The van der Waals surface area contributed by atoms with E-state index in [1.807, 2.05) is 42.5 Å². The predicted octanol–water partition coefficient (Wildman–Crippen LogP) is 4.38. The molecule has 0 aliphatic rings. The molecule has 106 valence electrons. The molecule has 0 aliphatic heterocycles. The van der Waals surface area contributed by atoms with Gasteiger partial charge in [-0.2, -0.15) is 0 Å². The number of nitrogens with two attached hydrogens (primary N) is 1. The molecule has 0 bridgehead atoms. The van der Waals surface area contributed by atoms with Gasteiger partial charge in [-0.3, -0.25) is 4.21 Å². The van der Waals surface area contributed by atoms with E-state index in [0.29, 0.717) is 16.5 Å². The van der Waals surface area contributed by atoms with Gasteiger partial charge in [0.05, 0.1) is 16.6 Å². The molecular weight excluding hydrogens is 302 g/mol. The van der Waals surface area contributed by atoms with Crippen molar-refractivity contribution in [3.8, 4) is 0 Å². The van der Waals surface area contributed by atoms with Crippen LogP contribution in [0.5, 0.6) is 0 Å². The number of hydrogen-bond acceptors (Lipinski definition) is 2. The fourth-order valence-corrected chi connectivity index (χ4v) is 3.81. The van der Waals surface area contributed by atoms with Crippen molar-refractivity contribution in [1.82, 2.24) is 0 Å². The maximum absolute atomic E-state index is 12.6. The van der Waals surface area contributed by atoms with E-state index in [9.17, 15) is 4.21 Å². The van der Waals surface area contributed by atoms with Gasteiger partial charge in [-0.05, 0) is 35.0 Å². The Labute approximate surface area is 131 Å². The number of halogens is 1. The Hall–Kier alpha value is -1.84. The summed E-state index contributed by atoms with van der Waals surface area (Å²) in [6, 6.07) is 19.2. The number of nitrogen functional groups attached to an aromatic ring is 1. The second-order valence-electron chi connectivity index (χ2n) is 4.81. The lowest BCUT2D eigenvalue weighted by atomic mass is 10.1. The van der Waals surface area contributed by atoms with Gasteiger partial charge in [0.25, 0.3) is 0 Å². The first kappa shape index (κ1) is 14.1. The topological polar surface area (TPSA) is 43.1 Å². The van der Waals surface area contributed by atoms with Crippen LogP contribution in [0.1, 0.15) is 5.56 Å². The van der Waals surface area contributed by atoms with Crippen molar-refractivity contribution in [2.45, 2.75) is 10.6 Å². The van der Waals surface area contributed by atoms with Gasteiger partial charge in [0.2, 0.25) is 0 Å².